The third kappa shape index (κ3) is 1.42. The van der Waals surface area contributed by atoms with Gasteiger partial charge in [-0.3, -0.25) is 4.39 Å². The van der Waals surface area contributed by atoms with E-state index in [0.29, 0.717) is 12.5 Å². The molecule has 0 aromatic rings. The van der Waals surface area contributed by atoms with E-state index in [4.69, 9.17) is 5.73 Å². The van der Waals surface area contributed by atoms with Crippen LogP contribution in [0.1, 0.15) is 19.3 Å². The first-order valence-corrected chi connectivity index (χ1v) is 3.64. The number of hydrogen-bond donors (Lipinski definition) is 1. The first-order chi connectivity index (χ1) is 4.38. The van der Waals surface area contributed by atoms with E-state index >= 15 is 0 Å². The highest BCUT2D eigenvalue weighted by Crippen LogP contribution is 2.30. The van der Waals surface area contributed by atoms with E-state index in [0.717, 1.165) is 12.8 Å². The lowest BCUT2D eigenvalue weighted by atomic mass is 9.98. The van der Waals surface area contributed by atoms with E-state index in [-0.39, 0.29) is 12.6 Å². The maximum absolute atomic E-state index is 12.1. The highest BCUT2D eigenvalue weighted by atomic mass is 19.1. The molecule has 1 nitrogen and oxygen atoms in total. The van der Waals surface area contributed by atoms with Gasteiger partial charge in [0.1, 0.15) is 0 Å². The third-order valence-electron chi connectivity index (χ3n) is 2.32. The van der Waals surface area contributed by atoms with Gasteiger partial charge in [-0.15, -0.1) is 0 Å². The molecule has 0 amide bonds. The number of alkyl halides is 1. The highest BCUT2D eigenvalue weighted by Gasteiger charge is 2.25. The van der Waals surface area contributed by atoms with Crippen molar-refractivity contribution in [1.82, 2.24) is 0 Å². The molecular weight excluding hydrogens is 117 g/mol. The molecule has 1 saturated carbocycles. The Morgan fingerprint density at radius 1 is 1.33 bits per heavy atom. The quantitative estimate of drug-likeness (QED) is 0.601. The Balaban J connectivity index is 2.32. The minimum absolute atomic E-state index is 0.165. The summed E-state index contributed by atoms with van der Waals surface area (Å²) in [7, 11) is 0. The van der Waals surface area contributed by atoms with Gasteiger partial charge in [0.2, 0.25) is 0 Å². The summed E-state index contributed by atoms with van der Waals surface area (Å²) < 4.78 is 12.1. The summed E-state index contributed by atoms with van der Waals surface area (Å²) in [5, 5.41) is 0. The lowest BCUT2D eigenvalue weighted by Crippen LogP contribution is -2.19. The molecular formula is C7H14FN. The van der Waals surface area contributed by atoms with Crippen LogP contribution in [0.15, 0.2) is 0 Å². The van der Waals surface area contributed by atoms with Crippen molar-refractivity contribution in [2.75, 3.05) is 13.2 Å². The van der Waals surface area contributed by atoms with Crippen molar-refractivity contribution in [3.63, 3.8) is 0 Å². The van der Waals surface area contributed by atoms with Crippen LogP contribution in [0, 0.1) is 11.8 Å². The monoisotopic (exact) mass is 131 g/mol. The van der Waals surface area contributed by atoms with Gasteiger partial charge in [-0.05, 0) is 31.2 Å². The molecule has 2 atom stereocenters. The van der Waals surface area contributed by atoms with Crippen molar-refractivity contribution in [2.45, 2.75) is 19.3 Å². The molecule has 0 heterocycles. The average molecular weight is 131 g/mol. The molecule has 2 N–H and O–H groups in total. The lowest BCUT2D eigenvalue weighted by molar-refractivity contribution is 0.299. The van der Waals surface area contributed by atoms with Crippen LogP contribution in [0.3, 0.4) is 0 Å². The van der Waals surface area contributed by atoms with Crippen LogP contribution < -0.4 is 5.73 Å². The molecule has 0 spiro atoms. The second kappa shape index (κ2) is 3.16. The van der Waals surface area contributed by atoms with E-state index in [2.05, 4.69) is 0 Å². The summed E-state index contributed by atoms with van der Waals surface area (Å²) in [4.78, 5) is 0. The summed E-state index contributed by atoms with van der Waals surface area (Å²) in [6.45, 7) is 0.510. The second-order valence-corrected chi connectivity index (χ2v) is 2.84. The Morgan fingerprint density at radius 3 is 2.44 bits per heavy atom. The molecule has 0 unspecified atom stereocenters. The van der Waals surface area contributed by atoms with E-state index in [1.165, 1.54) is 6.42 Å². The Morgan fingerprint density at radius 2 is 2.00 bits per heavy atom. The van der Waals surface area contributed by atoms with E-state index < -0.39 is 0 Å². The van der Waals surface area contributed by atoms with Gasteiger partial charge >= 0.3 is 0 Å². The number of hydrogen-bond acceptors (Lipinski definition) is 1. The van der Waals surface area contributed by atoms with Gasteiger partial charge in [-0.2, -0.15) is 0 Å². The molecule has 1 aliphatic rings. The van der Waals surface area contributed by atoms with Crippen LogP contribution in [-0.4, -0.2) is 13.2 Å². The van der Waals surface area contributed by atoms with E-state index in [9.17, 15) is 4.39 Å². The second-order valence-electron chi connectivity index (χ2n) is 2.84. The highest BCUT2D eigenvalue weighted by molar-refractivity contribution is 4.77. The molecule has 0 aromatic heterocycles. The van der Waals surface area contributed by atoms with Crippen LogP contribution in [0.4, 0.5) is 4.39 Å². The molecule has 0 radical (unpaired) electrons. The molecule has 9 heavy (non-hydrogen) atoms. The van der Waals surface area contributed by atoms with Gasteiger partial charge < -0.3 is 5.73 Å². The number of rotatable bonds is 2. The van der Waals surface area contributed by atoms with Crippen molar-refractivity contribution in [3.05, 3.63) is 0 Å². The fourth-order valence-corrected chi connectivity index (χ4v) is 1.63. The van der Waals surface area contributed by atoms with Crippen molar-refractivity contribution < 1.29 is 4.39 Å². The Hall–Kier alpha value is -0.110. The minimum Gasteiger partial charge on any atom is -0.330 e. The van der Waals surface area contributed by atoms with Crippen LogP contribution in [0.25, 0.3) is 0 Å². The predicted octanol–water partition coefficient (Wildman–Crippen LogP) is 1.33. The zero-order chi connectivity index (χ0) is 6.69. The van der Waals surface area contributed by atoms with Gasteiger partial charge in [0.15, 0.2) is 0 Å². The van der Waals surface area contributed by atoms with Crippen molar-refractivity contribution in [1.29, 1.82) is 0 Å². The van der Waals surface area contributed by atoms with Crippen molar-refractivity contribution in [3.8, 4) is 0 Å². The maximum atomic E-state index is 12.1. The maximum Gasteiger partial charge on any atom is 0.0925 e. The fraction of sp³-hybridized carbons (Fsp3) is 1.00. The summed E-state index contributed by atoms with van der Waals surface area (Å²) in [5.41, 5.74) is 5.43. The van der Waals surface area contributed by atoms with Gasteiger partial charge in [0.05, 0.1) is 6.67 Å². The Bertz CT molecular complexity index is 75.0. The third-order valence-corrected chi connectivity index (χ3v) is 2.32. The molecule has 54 valence electrons. The van der Waals surface area contributed by atoms with Crippen LogP contribution >= 0.6 is 0 Å². The molecule has 1 rings (SSSR count). The smallest absolute Gasteiger partial charge is 0.0925 e. The number of nitrogens with two attached hydrogens (primary N) is 1. The molecule has 1 aliphatic carbocycles. The fourth-order valence-electron chi connectivity index (χ4n) is 1.63. The molecule has 0 aromatic carbocycles. The van der Waals surface area contributed by atoms with Gasteiger partial charge in [0.25, 0.3) is 0 Å². The van der Waals surface area contributed by atoms with Crippen LogP contribution in [0.5, 0.6) is 0 Å². The predicted molar refractivity (Wildman–Crippen MR) is 35.9 cm³/mol. The Labute approximate surface area is 55.4 Å². The first kappa shape index (κ1) is 7.00. The normalized spacial score (nSPS) is 35.3. The summed E-state index contributed by atoms with van der Waals surface area (Å²) in [5.74, 6) is 0.769. The van der Waals surface area contributed by atoms with E-state index in [1.54, 1.807) is 0 Å². The van der Waals surface area contributed by atoms with Crippen molar-refractivity contribution >= 4 is 0 Å². The summed E-state index contributed by atoms with van der Waals surface area (Å²) >= 11 is 0. The molecule has 0 saturated heterocycles. The molecule has 1 fully saturated rings. The van der Waals surface area contributed by atoms with Gasteiger partial charge in [0, 0.05) is 0 Å². The van der Waals surface area contributed by atoms with Crippen molar-refractivity contribution in [2.24, 2.45) is 17.6 Å². The summed E-state index contributed by atoms with van der Waals surface area (Å²) in [6, 6.07) is 0. The number of halogens is 1. The molecule has 0 bridgehead atoms. The van der Waals surface area contributed by atoms with Gasteiger partial charge in [-0.25, -0.2) is 0 Å². The SMILES string of the molecule is NC[C@@H]1CCC[C@H]1CF. The minimum atomic E-state index is -0.165. The molecule has 2 heteroatoms. The zero-order valence-corrected chi connectivity index (χ0v) is 5.65. The largest absolute Gasteiger partial charge is 0.330 e. The van der Waals surface area contributed by atoms with E-state index in [1.807, 2.05) is 0 Å². The average Bonchev–Trinajstić information content (AvgIpc) is 2.33. The standard InChI is InChI=1S/C7H14FN/c8-4-6-2-1-3-7(6)5-9/h6-7H,1-5,9H2/t6-,7-/m0/s1. The first-order valence-electron chi connectivity index (χ1n) is 3.64. The Kier molecular flexibility index (Phi) is 2.46. The lowest BCUT2D eigenvalue weighted by Gasteiger charge is -2.12. The van der Waals surface area contributed by atoms with Crippen LogP contribution in [-0.2, 0) is 0 Å². The summed E-state index contributed by atoms with van der Waals surface area (Å²) in [6.07, 6.45) is 3.37. The topological polar surface area (TPSA) is 26.0 Å². The van der Waals surface area contributed by atoms with Gasteiger partial charge in [-0.1, -0.05) is 6.42 Å². The van der Waals surface area contributed by atoms with Crippen LogP contribution in [0.2, 0.25) is 0 Å². The zero-order valence-electron chi connectivity index (χ0n) is 5.65. The molecule has 0 aliphatic heterocycles.